The number of carbonyl (C=O) groups excluding carboxylic acids is 1. The van der Waals surface area contributed by atoms with Crippen molar-refractivity contribution in [3.05, 3.63) is 41.5 Å². The van der Waals surface area contributed by atoms with Crippen LogP contribution in [0, 0.1) is 0 Å². The molecule has 1 aliphatic rings. The molecule has 20 heavy (non-hydrogen) atoms. The van der Waals surface area contributed by atoms with E-state index in [1.807, 2.05) is 39.0 Å². The quantitative estimate of drug-likeness (QED) is 0.771. The second kappa shape index (κ2) is 6.12. The van der Waals surface area contributed by atoms with Crippen LogP contribution in [0.1, 0.15) is 39.2 Å². The van der Waals surface area contributed by atoms with Crippen LogP contribution < -0.4 is 0 Å². The van der Waals surface area contributed by atoms with Gasteiger partial charge in [0.1, 0.15) is 5.60 Å². The van der Waals surface area contributed by atoms with Crippen LogP contribution in [-0.4, -0.2) is 29.7 Å². The zero-order chi connectivity index (χ0) is 14.6. The normalized spacial score (nSPS) is 15.9. The molecule has 1 fully saturated rings. The summed E-state index contributed by atoms with van der Waals surface area (Å²) in [5, 5.41) is 0. The molecular formula is C17H23NO2. The van der Waals surface area contributed by atoms with Gasteiger partial charge in [0.05, 0.1) is 0 Å². The summed E-state index contributed by atoms with van der Waals surface area (Å²) in [6, 6.07) is 10.3. The van der Waals surface area contributed by atoms with Gasteiger partial charge in [0.25, 0.3) is 0 Å². The van der Waals surface area contributed by atoms with E-state index < -0.39 is 5.60 Å². The fourth-order valence-corrected chi connectivity index (χ4v) is 2.23. The lowest BCUT2D eigenvalue weighted by molar-refractivity contribution is 0.0237. The van der Waals surface area contributed by atoms with E-state index in [1.165, 1.54) is 11.1 Å². The molecular weight excluding hydrogens is 250 g/mol. The number of piperidine rings is 1. The van der Waals surface area contributed by atoms with Crippen molar-refractivity contribution in [2.45, 2.75) is 39.2 Å². The molecule has 0 spiro atoms. The summed E-state index contributed by atoms with van der Waals surface area (Å²) in [6.45, 7) is 7.18. The Balaban J connectivity index is 1.90. The van der Waals surface area contributed by atoms with Gasteiger partial charge >= 0.3 is 6.09 Å². The first-order valence-electron chi connectivity index (χ1n) is 7.16. The summed E-state index contributed by atoms with van der Waals surface area (Å²) < 4.78 is 5.40. The Morgan fingerprint density at radius 2 is 1.75 bits per heavy atom. The van der Waals surface area contributed by atoms with Gasteiger partial charge in [0.2, 0.25) is 0 Å². The van der Waals surface area contributed by atoms with Crippen molar-refractivity contribution in [2.24, 2.45) is 0 Å². The maximum atomic E-state index is 12.0. The molecule has 0 saturated carbocycles. The molecule has 0 unspecified atom stereocenters. The van der Waals surface area contributed by atoms with Crippen molar-refractivity contribution in [3.63, 3.8) is 0 Å². The van der Waals surface area contributed by atoms with Crippen molar-refractivity contribution in [1.29, 1.82) is 0 Å². The fraction of sp³-hybridized carbons (Fsp3) is 0.471. The van der Waals surface area contributed by atoms with Gasteiger partial charge in [-0.05, 0) is 39.2 Å². The molecule has 1 aliphatic heterocycles. The number of carbonyl (C=O) groups is 1. The molecule has 0 atom stereocenters. The second-order valence-corrected chi connectivity index (χ2v) is 6.18. The van der Waals surface area contributed by atoms with E-state index in [2.05, 4.69) is 18.2 Å². The topological polar surface area (TPSA) is 29.5 Å². The van der Waals surface area contributed by atoms with Crippen molar-refractivity contribution in [2.75, 3.05) is 13.1 Å². The number of hydrogen-bond donors (Lipinski definition) is 0. The molecule has 3 heteroatoms. The largest absolute Gasteiger partial charge is 0.444 e. The van der Waals surface area contributed by atoms with E-state index in [0.717, 1.165) is 25.9 Å². The van der Waals surface area contributed by atoms with Crippen molar-refractivity contribution in [1.82, 2.24) is 4.90 Å². The van der Waals surface area contributed by atoms with E-state index in [4.69, 9.17) is 4.74 Å². The Kier molecular flexibility index (Phi) is 4.48. The number of hydrogen-bond acceptors (Lipinski definition) is 2. The van der Waals surface area contributed by atoms with Crippen LogP contribution in [0.15, 0.2) is 35.9 Å². The monoisotopic (exact) mass is 273 g/mol. The Bertz CT molecular complexity index is 475. The lowest BCUT2D eigenvalue weighted by Crippen LogP contribution is -2.40. The predicted octanol–water partition coefficient (Wildman–Crippen LogP) is 4.10. The standard InChI is InChI=1S/C17H23NO2/c1-17(2,3)20-16(19)18-11-9-15(10-12-18)13-14-7-5-4-6-8-14/h4-8,13H,9-12H2,1-3H3. The average Bonchev–Trinajstić information content (AvgIpc) is 2.39. The van der Waals surface area contributed by atoms with Crippen LogP contribution >= 0.6 is 0 Å². The SMILES string of the molecule is CC(C)(C)OC(=O)N1CCC(=Cc2ccccc2)CC1. The highest BCUT2D eigenvalue weighted by Crippen LogP contribution is 2.21. The summed E-state index contributed by atoms with van der Waals surface area (Å²) in [6.07, 6.45) is 3.88. The molecule has 1 heterocycles. The van der Waals surface area contributed by atoms with Crippen LogP contribution in [0.4, 0.5) is 4.79 Å². The highest BCUT2D eigenvalue weighted by Gasteiger charge is 2.24. The molecule has 2 rings (SSSR count). The van der Waals surface area contributed by atoms with Gasteiger partial charge in [0.15, 0.2) is 0 Å². The van der Waals surface area contributed by atoms with Crippen LogP contribution in [0.3, 0.4) is 0 Å². The minimum absolute atomic E-state index is 0.198. The minimum Gasteiger partial charge on any atom is -0.444 e. The number of amides is 1. The summed E-state index contributed by atoms with van der Waals surface area (Å²) >= 11 is 0. The Morgan fingerprint density at radius 3 is 2.30 bits per heavy atom. The highest BCUT2D eigenvalue weighted by atomic mass is 16.6. The molecule has 3 nitrogen and oxygen atoms in total. The maximum absolute atomic E-state index is 12.0. The predicted molar refractivity (Wildman–Crippen MR) is 81.5 cm³/mol. The number of rotatable bonds is 1. The maximum Gasteiger partial charge on any atom is 0.410 e. The first-order valence-corrected chi connectivity index (χ1v) is 7.16. The van der Waals surface area contributed by atoms with Crippen LogP contribution in [0.25, 0.3) is 6.08 Å². The molecule has 1 amide bonds. The van der Waals surface area contributed by atoms with Gasteiger partial charge in [-0.15, -0.1) is 0 Å². The van der Waals surface area contributed by atoms with E-state index >= 15 is 0 Å². The van der Waals surface area contributed by atoms with Crippen molar-refractivity contribution < 1.29 is 9.53 Å². The molecule has 0 aromatic heterocycles. The number of likely N-dealkylation sites (tertiary alicyclic amines) is 1. The minimum atomic E-state index is -0.419. The average molecular weight is 273 g/mol. The molecule has 0 radical (unpaired) electrons. The molecule has 0 bridgehead atoms. The van der Waals surface area contributed by atoms with Crippen LogP contribution in [0.2, 0.25) is 0 Å². The molecule has 1 aromatic rings. The molecule has 0 aliphatic carbocycles. The number of ether oxygens (including phenoxy) is 1. The molecule has 108 valence electrons. The lowest BCUT2D eigenvalue weighted by atomic mass is 10.0. The third-order valence-electron chi connectivity index (χ3n) is 3.23. The summed E-state index contributed by atoms with van der Waals surface area (Å²) in [5.41, 5.74) is 2.21. The Labute approximate surface area is 121 Å². The number of benzene rings is 1. The van der Waals surface area contributed by atoms with Gasteiger partial charge < -0.3 is 9.64 Å². The second-order valence-electron chi connectivity index (χ2n) is 6.18. The first kappa shape index (κ1) is 14.6. The Hall–Kier alpha value is -1.77. The van der Waals surface area contributed by atoms with E-state index in [-0.39, 0.29) is 6.09 Å². The van der Waals surface area contributed by atoms with Crippen molar-refractivity contribution in [3.8, 4) is 0 Å². The van der Waals surface area contributed by atoms with Gasteiger partial charge in [-0.3, -0.25) is 0 Å². The van der Waals surface area contributed by atoms with E-state index in [0.29, 0.717) is 0 Å². The molecule has 0 N–H and O–H groups in total. The third kappa shape index (κ3) is 4.41. The van der Waals surface area contributed by atoms with Crippen molar-refractivity contribution >= 4 is 12.2 Å². The number of nitrogens with zero attached hydrogens (tertiary/aromatic N) is 1. The third-order valence-corrected chi connectivity index (χ3v) is 3.23. The summed E-state index contributed by atoms with van der Waals surface area (Å²) in [4.78, 5) is 13.8. The van der Waals surface area contributed by atoms with Crippen LogP contribution in [0.5, 0.6) is 0 Å². The Morgan fingerprint density at radius 1 is 1.15 bits per heavy atom. The lowest BCUT2D eigenvalue weighted by Gasteiger charge is -2.31. The highest BCUT2D eigenvalue weighted by molar-refractivity contribution is 5.68. The first-order chi connectivity index (χ1) is 9.44. The van der Waals surface area contributed by atoms with Gasteiger partial charge in [-0.25, -0.2) is 4.79 Å². The summed E-state index contributed by atoms with van der Waals surface area (Å²) in [5.74, 6) is 0. The fourth-order valence-electron chi connectivity index (χ4n) is 2.23. The van der Waals surface area contributed by atoms with Gasteiger partial charge in [0, 0.05) is 13.1 Å². The van der Waals surface area contributed by atoms with E-state index in [9.17, 15) is 4.79 Å². The zero-order valence-electron chi connectivity index (χ0n) is 12.6. The van der Waals surface area contributed by atoms with E-state index in [1.54, 1.807) is 4.90 Å². The zero-order valence-corrected chi connectivity index (χ0v) is 12.6. The van der Waals surface area contributed by atoms with Crippen LogP contribution in [-0.2, 0) is 4.74 Å². The molecule has 1 aromatic carbocycles. The van der Waals surface area contributed by atoms with Gasteiger partial charge in [-0.2, -0.15) is 0 Å². The van der Waals surface area contributed by atoms with Gasteiger partial charge in [-0.1, -0.05) is 42.0 Å². The smallest absolute Gasteiger partial charge is 0.410 e. The summed E-state index contributed by atoms with van der Waals surface area (Å²) in [7, 11) is 0. The molecule has 1 saturated heterocycles.